The predicted molar refractivity (Wildman–Crippen MR) is 88.7 cm³/mol. The highest BCUT2D eigenvalue weighted by molar-refractivity contribution is 7.98. The molecule has 1 nitrogen and oxygen atoms in total. The first-order chi connectivity index (χ1) is 8.34. The van der Waals surface area contributed by atoms with Crippen molar-refractivity contribution in [3.8, 4) is 0 Å². The highest BCUT2D eigenvalue weighted by atomic mass is 32.2. The van der Waals surface area contributed by atoms with E-state index in [9.17, 15) is 0 Å². The third-order valence-electron chi connectivity index (χ3n) is 3.41. The van der Waals surface area contributed by atoms with Crippen molar-refractivity contribution in [1.82, 2.24) is 4.90 Å². The van der Waals surface area contributed by atoms with Crippen molar-refractivity contribution in [3.63, 3.8) is 0 Å². The van der Waals surface area contributed by atoms with Crippen LogP contribution in [0.3, 0.4) is 0 Å². The normalized spacial score (nSPS) is 13.9. The van der Waals surface area contributed by atoms with Crippen LogP contribution in [0.15, 0.2) is 24.3 Å². The molecule has 102 valence electrons. The van der Waals surface area contributed by atoms with Gasteiger partial charge in [0.1, 0.15) is 0 Å². The molecule has 0 fully saturated rings. The lowest BCUT2D eigenvalue weighted by Crippen LogP contribution is -2.37. The SMILES string of the molecule is CSCC(C)N(C)Cc1ccc([Si](C)(C)C)cc1. The molecule has 0 saturated heterocycles. The highest BCUT2D eigenvalue weighted by Crippen LogP contribution is 2.10. The molecule has 0 amide bonds. The molecule has 0 heterocycles. The Kier molecular flexibility index (Phi) is 5.95. The Morgan fingerprint density at radius 2 is 1.72 bits per heavy atom. The van der Waals surface area contributed by atoms with E-state index in [-0.39, 0.29) is 0 Å². The monoisotopic (exact) mass is 281 g/mol. The molecule has 0 spiro atoms. The smallest absolute Gasteiger partial charge is 0.0775 e. The first-order valence-electron chi connectivity index (χ1n) is 6.63. The minimum Gasteiger partial charge on any atom is -0.299 e. The zero-order valence-electron chi connectivity index (χ0n) is 12.7. The molecular formula is C15H27NSSi. The Morgan fingerprint density at radius 1 is 1.17 bits per heavy atom. The molecule has 1 atom stereocenters. The van der Waals surface area contributed by atoms with E-state index in [0.717, 1.165) is 6.54 Å². The molecule has 1 rings (SSSR count). The van der Waals surface area contributed by atoms with Crippen LogP contribution in [0.2, 0.25) is 19.6 Å². The molecule has 1 aromatic carbocycles. The minimum absolute atomic E-state index is 0.636. The summed E-state index contributed by atoms with van der Waals surface area (Å²) >= 11 is 1.92. The van der Waals surface area contributed by atoms with Gasteiger partial charge in [-0.25, -0.2) is 0 Å². The maximum absolute atomic E-state index is 2.43. The Morgan fingerprint density at radius 3 is 2.17 bits per heavy atom. The summed E-state index contributed by atoms with van der Waals surface area (Å²) in [7, 11) is 1.07. The number of rotatable bonds is 6. The van der Waals surface area contributed by atoms with Gasteiger partial charge in [-0.05, 0) is 25.8 Å². The Labute approximate surface area is 118 Å². The van der Waals surface area contributed by atoms with Crippen LogP contribution in [-0.2, 0) is 6.54 Å². The predicted octanol–water partition coefficient (Wildman–Crippen LogP) is 3.42. The van der Waals surface area contributed by atoms with Gasteiger partial charge in [0.25, 0.3) is 0 Å². The fraction of sp³-hybridized carbons (Fsp3) is 0.600. The van der Waals surface area contributed by atoms with Crippen LogP contribution in [-0.4, -0.2) is 38.1 Å². The van der Waals surface area contributed by atoms with Gasteiger partial charge in [-0.2, -0.15) is 11.8 Å². The average molecular weight is 282 g/mol. The Bertz CT molecular complexity index is 356. The molecule has 0 aliphatic heterocycles. The molecule has 1 unspecified atom stereocenters. The summed E-state index contributed by atoms with van der Waals surface area (Å²) in [5, 5.41) is 1.55. The van der Waals surface area contributed by atoms with E-state index in [0.29, 0.717) is 6.04 Å². The molecule has 0 N–H and O–H groups in total. The van der Waals surface area contributed by atoms with Gasteiger partial charge in [0.05, 0.1) is 8.07 Å². The maximum atomic E-state index is 2.43. The zero-order chi connectivity index (χ0) is 13.8. The van der Waals surface area contributed by atoms with E-state index in [4.69, 9.17) is 0 Å². The van der Waals surface area contributed by atoms with Crippen LogP contribution in [0, 0.1) is 0 Å². The van der Waals surface area contributed by atoms with Crippen molar-refractivity contribution in [3.05, 3.63) is 29.8 Å². The highest BCUT2D eigenvalue weighted by Gasteiger charge is 2.16. The molecule has 1 aromatic rings. The second-order valence-electron chi connectivity index (χ2n) is 6.17. The van der Waals surface area contributed by atoms with Crippen LogP contribution >= 0.6 is 11.8 Å². The van der Waals surface area contributed by atoms with Crippen molar-refractivity contribution in [2.75, 3.05) is 19.1 Å². The molecule has 18 heavy (non-hydrogen) atoms. The van der Waals surface area contributed by atoms with Crippen LogP contribution in [0.4, 0.5) is 0 Å². The largest absolute Gasteiger partial charge is 0.299 e. The van der Waals surface area contributed by atoms with Gasteiger partial charge in [0, 0.05) is 18.3 Å². The summed E-state index contributed by atoms with van der Waals surface area (Å²) in [4.78, 5) is 2.43. The second kappa shape index (κ2) is 6.78. The fourth-order valence-electron chi connectivity index (χ4n) is 1.92. The van der Waals surface area contributed by atoms with Gasteiger partial charge in [0.15, 0.2) is 0 Å². The topological polar surface area (TPSA) is 3.24 Å². The number of thioether (sulfide) groups is 1. The maximum Gasteiger partial charge on any atom is 0.0775 e. The van der Waals surface area contributed by atoms with Gasteiger partial charge in [0.2, 0.25) is 0 Å². The summed E-state index contributed by atoms with van der Waals surface area (Å²) < 4.78 is 0. The lowest BCUT2D eigenvalue weighted by molar-refractivity contribution is 0.270. The van der Waals surface area contributed by atoms with Crippen molar-refractivity contribution < 1.29 is 0 Å². The first kappa shape index (κ1) is 15.8. The Balaban J connectivity index is 2.64. The van der Waals surface area contributed by atoms with Crippen molar-refractivity contribution in [1.29, 1.82) is 0 Å². The molecule has 0 aliphatic rings. The summed E-state index contributed by atoms with van der Waals surface area (Å²) in [6, 6.07) is 9.89. The van der Waals surface area contributed by atoms with E-state index in [2.05, 4.69) is 69.0 Å². The zero-order valence-corrected chi connectivity index (χ0v) is 14.5. The summed E-state index contributed by atoms with van der Waals surface area (Å²) in [6.45, 7) is 10.5. The van der Waals surface area contributed by atoms with Crippen molar-refractivity contribution in [2.45, 2.75) is 39.2 Å². The molecule has 0 radical (unpaired) electrons. The van der Waals surface area contributed by atoms with Crippen molar-refractivity contribution >= 4 is 25.0 Å². The van der Waals surface area contributed by atoms with E-state index in [1.165, 1.54) is 11.3 Å². The van der Waals surface area contributed by atoms with Gasteiger partial charge in [-0.3, -0.25) is 4.90 Å². The third-order valence-corrected chi connectivity index (χ3v) is 6.29. The quantitative estimate of drug-likeness (QED) is 0.735. The molecule has 0 bridgehead atoms. The summed E-state index contributed by atoms with van der Waals surface area (Å²) in [5.41, 5.74) is 1.42. The van der Waals surface area contributed by atoms with E-state index >= 15 is 0 Å². The van der Waals surface area contributed by atoms with Crippen LogP contribution in [0.1, 0.15) is 12.5 Å². The van der Waals surface area contributed by atoms with Crippen LogP contribution in [0.5, 0.6) is 0 Å². The van der Waals surface area contributed by atoms with E-state index in [1.54, 1.807) is 5.19 Å². The van der Waals surface area contributed by atoms with Gasteiger partial charge >= 0.3 is 0 Å². The first-order valence-corrected chi connectivity index (χ1v) is 11.5. The Hall–Kier alpha value is -0.253. The fourth-order valence-corrected chi connectivity index (χ4v) is 3.83. The number of benzene rings is 1. The number of hydrogen-bond acceptors (Lipinski definition) is 2. The summed E-state index contributed by atoms with van der Waals surface area (Å²) in [6.07, 6.45) is 2.17. The molecule has 0 aliphatic carbocycles. The third kappa shape index (κ3) is 4.79. The van der Waals surface area contributed by atoms with Gasteiger partial charge in [-0.15, -0.1) is 0 Å². The van der Waals surface area contributed by atoms with Gasteiger partial charge < -0.3 is 0 Å². The lowest BCUT2D eigenvalue weighted by Gasteiger charge is -2.24. The molecule has 3 heteroatoms. The minimum atomic E-state index is -1.15. The van der Waals surface area contributed by atoms with E-state index in [1.807, 2.05) is 11.8 Å². The van der Waals surface area contributed by atoms with Crippen LogP contribution < -0.4 is 5.19 Å². The summed E-state index contributed by atoms with van der Waals surface area (Å²) in [5.74, 6) is 1.20. The number of hydrogen-bond donors (Lipinski definition) is 0. The number of nitrogens with zero attached hydrogens (tertiary/aromatic N) is 1. The lowest BCUT2D eigenvalue weighted by atomic mass is 10.2. The molecular weight excluding hydrogens is 254 g/mol. The molecule has 0 aromatic heterocycles. The molecule has 0 saturated carbocycles. The standard InChI is InChI=1S/C15H27NSSi/c1-13(12-17-3)16(2)11-14-7-9-15(10-8-14)18(4,5)6/h7-10,13H,11-12H2,1-6H3. The second-order valence-corrected chi connectivity index (χ2v) is 12.2. The van der Waals surface area contributed by atoms with Crippen LogP contribution in [0.25, 0.3) is 0 Å². The van der Waals surface area contributed by atoms with Crippen molar-refractivity contribution in [2.24, 2.45) is 0 Å². The van der Waals surface area contributed by atoms with E-state index < -0.39 is 8.07 Å². The van der Waals surface area contributed by atoms with Gasteiger partial charge in [-0.1, -0.05) is 49.1 Å². The average Bonchev–Trinajstić information content (AvgIpc) is 2.28.